The fourth-order valence-corrected chi connectivity index (χ4v) is 0.862. The van der Waals surface area contributed by atoms with Crippen LogP contribution in [0.3, 0.4) is 0 Å². The summed E-state index contributed by atoms with van der Waals surface area (Å²) in [6.07, 6.45) is 1.28. The summed E-state index contributed by atoms with van der Waals surface area (Å²) in [5, 5.41) is 11.8. The van der Waals surface area contributed by atoms with Gasteiger partial charge < -0.3 is 15.2 Å². The largest absolute Gasteiger partial charge is 0.453 e. The third-order valence-corrected chi connectivity index (χ3v) is 1.42. The first kappa shape index (κ1) is 12.0. The Kier molecular flexibility index (Phi) is 5.97. The molecule has 0 aliphatic rings. The number of allylic oxidation sites excluding steroid dienone is 1. The molecular weight excluding hydrogens is 170 g/mol. The van der Waals surface area contributed by atoms with Crippen molar-refractivity contribution in [1.82, 2.24) is 5.32 Å². The highest BCUT2D eigenvalue weighted by atomic mass is 16.5. The standard InChI is InChI=1S/C9H17NO3/c1-7(2)6-8(11)4-5-10-9(12)13-3/h6,8,11H,4-5H2,1-3H3,(H,10,12). The Hall–Kier alpha value is -1.03. The van der Waals surface area contributed by atoms with Crippen LogP contribution in [0.2, 0.25) is 0 Å². The quantitative estimate of drug-likeness (QED) is 0.647. The molecule has 0 fully saturated rings. The third kappa shape index (κ3) is 7.33. The van der Waals surface area contributed by atoms with Gasteiger partial charge in [-0.05, 0) is 20.3 Å². The van der Waals surface area contributed by atoms with E-state index in [-0.39, 0.29) is 0 Å². The van der Waals surface area contributed by atoms with E-state index in [4.69, 9.17) is 0 Å². The van der Waals surface area contributed by atoms with Crippen LogP contribution >= 0.6 is 0 Å². The summed E-state index contributed by atoms with van der Waals surface area (Å²) < 4.78 is 4.37. The molecule has 1 unspecified atom stereocenters. The van der Waals surface area contributed by atoms with Crippen molar-refractivity contribution in [2.45, 2.75) is 26.4 Å². The van der Waals surface area contributed by atoms with Gasteiger partial charge in [-0.25, -0.2) is 4.79 Å². The van der Waals surface area contributed by atoms with Crippen LogP contribution in [0.15, 0.2) is 11.6 Å². The second kappa shape index (κ2) is 6.48. The molecule has 0 bridgehead atoms. The predicted molar refractivity (Wildman–Crippen MR) is 50.5 cm³/mol. The molecule has 76 valence electrons. The first-order valence-corrected chi connectivity index (χ1v) is 4.21. The molecule has 0 aromatic carbocycles. The highest BCUT2D eigenvalue weighted by Crippen LogP contribution is 1.97. The molecule has 0 aromatic rings. The highest BCUT2D eigenvalue weighted by molar-refractivity contribution is 5.66. The Balaban J connectivity index is 3.53. The summed E-state index contributed by atoms with van der Waals surface area (Å²) >= 11 is 0. The zero-order valence-electron chi connectivity index (χ0n) is 8.33. The summed E-state index contributed by atoms with van der Waals surface area (Å²) in [5.74, 6) is 0. The fourth-order valence-electron chi connectivity index (χ4n) is 0.862. The molecule has 0 saturated heterocycles. The lowest BCUT2D eigenvalue weighted by Crippen LogP contribution is -2.26. The second-order valence-electron chi connectivity index (χ2n) is 3.02. The number of methoxy groups -OCH3 is 1. The van der Waals surface area contributed by atoms with E-state index in [1.54, 1.807) is 6.08 Å². The maximum absolute atomic E-state index is 10.6. The predicted octanol–water partition coefficient (Wildman–Crippen LogP) is 1.06. The molecule has 0 spiro atoms. The molecule has 0 rings (SSSR count). The van der Waals surface area contributed by atoms with Crippen LogP contribution in [0.5, 0.6) is 0 Å². The Morgan fingerprint density at radius 1 is 1.62 bits per heavy atom. The van der Waals surface area contributed by atoms with E-state index >= 15 is 0 Å². The van der Waals surface area contributed by atoms with Gasteiger partial charge in [0.2, 0.25) is 0 Å². The Morgan fingerprint density at radius 2 is 2.23 bits per heavy atom. The summed E-state index contributed by atoms with van der Waals surface area (Å²) in [4.78, 5) is 10.6. The van der Waals surface area contributed by atoms with E-state index in [1.165, 1.54) is 7.11 Å². The number of hydrogen-bond acceptors (Lipinski definition) is 3. The van der Waals surface area contributed by atoms with Crippen molar-refractivity contribution in [3.8, 4) is 0 Å². The number of carbonyl (C=O) groups excluding carboxylic acids is 1. The molecule has 0 aliphatic heterocycles. The number of rotatable bonds is 4. The second-order valence-corrected chi connectivity index (χ2v) is 3.02. The Labute approximate surface area is 78.6 Å². The number of amides is 1. The van der Waals surface area contributed by atoms with E-state index in [9.17, 15) is 9.90 Å². The van der Waals surface area contributed by atoms with Crippen molar-refractivity contribution in [1.29, 1.82) is 0 Å². The van der Waals surface area contributed by atoms with Gasteiger partial charge in [0.1, 0.15) is 0 Å². The van der Waals surface area contributed by atoms with Crippen molar-refractivity contribution in [2.75, 3.05) is 13.7 Å². The number of aliphatic hydroxyl groups excluding tert-OH is 1. The van der Waals surface area contributed by atoms with Gasteiger partial charge in [-0.3, -0.25) is 0 Å². The summed E-state index contributed by atoms with van der Waals surface area (Å²) in [6, 6.07) is 0. The average molecular weight is 187 g/mol. The maximum Gasteiger partial charge on any atom is 0.406 e. The lowest BCUT2D eigenvalue weighted by atomic mass is 10.2. The third-order valence-electron chi connectivity index (χ3n) is 1.42. The number of ether oxygens (including phenoxy) is 1. The molecular formula is C9H17NO3. The Bertz CT molecular complexity index is 185. The molecule has 0 aromatic heterocycles. The molecule has 0 radical (unpaired) electrons. The lowest BCUT2D eigenvalue weighted by Gasteiger charge is -2.06. The first-order chi connectivity index (χ1) is 6.06. The number of carbonyl (C=O) groups is 1. The van der Waals surface area contributed by atoms with Crippen LogP contribution in [-0.2, 0) is 4.74 Å². The van der Waals surface area contributed by atoms with Gasteiger partial charge in [-0.1, -0.05) is 11.6 Å². The van der Waals surface area contributed by atoms with Gasteiger partial charge in [0.25, 0.3) is 0 Å². The van der Waals surface area contributed by atoms with Crippen molar-refractivity contribution in [3.63, 3.8) is 0 Å². The van der Waals surface area contributed by atoms with Gasteiger partial charge in [-0.2, -0.15) is 0 Å². The molecule has 2 N–H and O–H groups in total. The minimum atomic E-state index is -0.498. The Morgan fingerprint density at radius 3 is 2.69 bits per heavy atom. The highest BCUT2D eigenvalue weighted by Gasteiger charge is 2.01. The van der Waals surface area contributed by atoms with Gasteiger partial charge >= 0.3 is 6.09 Å². The smallest absolute Gasteiger partial charge is 0.406 e. The summed E-state index contributed by atoms with van der Waals surface area (Å²) in [7, 11) is 1.31. The van der Waals surface area contributed by atoms with Gasteiger partial charge in [0.15, 0.2) is 0 Å². The van der Waals surface area contributed by atoms with Crippen molar-refractivity contribution >= 4 is 6.09 Å². The van der Waals surface area contributed by atoms with E-state index in [0.29, 0.717) is 13.0 Å². The normalized spacial score (nSPS) is 11.7. The number of alkyl carbamates (subject to hydrolysis) is 1. The van der Waals surface area contributed by atoms with Crippen LogP contribution in [-0.4, -0.2) is 31.0 Å². The zero-order chi connectivity index (χ0) is 10.3. The molecule has 1 atom stereocenters. The van der Waals surface area contributed by atoms with Gasteiger partial charge in [0.05, 0.1) is 13.2 Å². The molecule has 1 amide bonds. The fraction of sp³-hybridized carbons (Fsp3) is 0.667. The van der Waals surface area contributed by atoms with Crippen molar-refractivity contribution in [2.24, 2.45) is 0 Å². The molecule has 13 heavy (non-hydrogen) atoms. The van der Waals surface area contributed by atoms with Crippen molar-refractivity contribution in [3.05, 3.63) is 11.6 Å². The molecule has 4 heteroatoms. The van der Waals surface area contributed by atoms with E-state index in [0.717, 1.165) is 5.57 Å². The van der Waals surface area contributed by atoms with Crippen LogP contribution in [0.25, 0.3) is 0 Å². The van der Waals surface area contributed by atoms with Crippen LogP contribution in [0, 0.1) is 0 Å². The van der Waals surface area contributed by atoms with Gasteiger partial charge in [0, 0.05) is 6.54 Å². The zero-order valence-corrected chi connectivity index (χ0v) is 8.33. The van der Waals surface area contributed by atoms with E-state index in [2.05, 4.69) is 10.1 Å². The van der Waals surface area contributed by atoms with E-state index in [1.807, 2.05) is 13.8 Å². The maximum atomic E-state index is 10.6. The molecule has 0 aliphatic carbocycles. The monoisotopic (exact) mass is 187 g/mol. The van der Waals surface area contributed by atoms with Crippen molar-refractivity contribution < 1.29 is 14.6 Å². The number of nitrogens with one attached hydrogen (secondary N) is 1. The van der Waals surface area contributed by atoms with Crippen LogP contribution in [0.1, 0.15) is 20.3 Å². The minimum absolute atomic E-state index is 0.414. The van der Waals surface area contributed by atoms with Gasteiger partial charge in [-0.15, -0.1) is 0 Å². The van der Waals surface area contributed by atoms with Crippen LogP contribution < -0.4 is 5.32 Å². The molecule has 0 saturated carbocycles. The minimum Gasteiger partial charge on any atom is -0.453 e. The summed E-state index contributed by atoms with van der Waals surface area (Å²) in [5.41, 5.74) is 1.06. The lowest BCUT2D eigenvalue weighted by molar-refractivity contribution is 0.166. The summed E-state index contributed by atoms with van der Waals surface area (Å²) in [6.45, 7) is 4.24. The van der Waals surface area contributed by atoms with E-state index < -0.39 is 12.2 Å². The molecule has 4 nitrogen and oxygen atoms in total. The topological polar surface area (TPSA) is 58.6 Å². The molecule has 0 heterocycles. The van der Waals surface area contributed by atoms with Crippen LogP contribution in [0.4, 0.5) is 4.79 Å². The number of hydrogen-bond donors (Lipinski definition) is 2. The first-order valence-electron chi connectivity index (χ1n) is 4.21. The average Bonchev–Trinajstić information content (AvgIpc) is 2.02. The SMILES string of the molecule is COC(=O)NCCC(O)C=C(C)C. The number of aliphatic hydroxyl groups is 1.